The molecule has 57 heavy (non-hydrogen) atoms. The van der Waals surface area contributed by atoms with Crippen molar-refractivity contribution >= 4 is 65.4 Å². The maximum absolute atomic E-state index is 10.1. The van der Waals surface area contributed by atoms with Crippen LogP contribution in [0.15, 0.2) is 212 Å². The summed E-state index contributed by atoms with van der Waals surface area (Å²) in [5.74, 6) is 0. The van der Waals surface area contributed by atoms with E-state index in [0.29, 0.717) is 4.57 Å². The van der Waals surface area contributed by atoms with Crippen LogP contribution in [0.5, 0.6) is 0 Å². The summed E-state index contributed by atoms with van der Waals surface area (Å²) >= 11 is 0. The summed E-state index contributed by atoms with van der Waals surface area (Å²) in [6, 6.07) is -32.6. The monoisotopic (exact) mass is 759 g/mol. The minimum absolute atomic E-state index is 0.517. The Bertz CT molecular complexity index is 5290. The van der Waals surface area contributed by atoms with E-state index in [-0.39, 0.29) is 0 Å². The Hall–Kier alpha value is -7.62. The van der Waals surface area contributed by atoms with E-state index in [4.69, 9.17) is 27.4 Å². The second-order valence-electron chi connectivity index (χ2n) is 12.4. The van der Waals surface area contributed by atoms with Crippen molar-refractivity contribution in [1.82, 2.24) is 13.7 Å². The molecule has 0 fully saturated rings. The first-order valence-corrected chi connectivity index (χ1v) is 16.8. The fourth-order valence-electron chi connectivity index (χ4n) is 7.10. The van der Waals surface area contributed by atoms with Gasteiger partial charge >= 0.3 is 0 Å². The fourth-order valence-corrected chi connectivity index (χ4v) is 7.10. The normalized spacial score (nSPS) is 20.2. The van der Waals surface area contributed by atoms with Crippen molar-refractivity contribution in [2.45, 2.75) is 0 Å². The molecule has 12 aromatic rings. The Morgan fingerprint density at radius 2 is 0.719 bits per heavy atom. The Labute approximate surface area is 377 Å². The van der Waals surface area contributed by atoms with Gasteiger partial charge in [0.15, 0.2) is 0 Å². The smallest absolute Gasteiger partial charge is 0.0651 e. The van der Waals surface area contributed by atoms with E-state index in [0.717, 1.165) is 15.2 Å². The number of benzene rings is 9. The molecule has 0 aliphatic rings. The molecule has 9 aromatic carbocycles. The van der Waals surface area contributed by atoms with Crippen molar-refractivity contribution in [2.24, 2.45) is 0 Å². The lowest BCUT2D eigenvalue weighted by molar-refractivity contribution is 1.16. The molecule has 0 N–H and O–H groups in total. The van der Waals surface area contributed by atoms with Gasteiger partial charge in [0.05, 0.1) is 85.4 Å². The summed E-state index contributed by atoms with van der Waals surface area (Å²) in [4.78, 5) is 0. The Morgan fingerprint density at radius 1 is 0.281 bits per heavy atom. The van der Waals surface area contributed by atoms with Crippen LogP contribution >= 0.6 is 0 Å². The average molecular weight is 760 g/mol. The molecule has 12 rings (SSSR count). The molecule has 0 bridgehead atoms. The molecule has 0 amide bonds. The molecule has 0 atom stereocenters. The molecular formula is C54H35N3. The van der Waals surface area contributed by atoms with Crippen LogP contribution < -0.4 is 0 Å². The van der Waals surface area contributed by atoms with Crippen molar-refractivity contribution in [3.63, 3.8) is 0 Å². The number of hydrogen-bond acceptors (Lipinski definition) is 0. The molecule has 3 aromatic heterocycles. The van der Waals surface area contributed by atoms with E-state index < -0.39 is 310 Å². The zero-order valence-corrected chi connectivity index (χ0v) is 28.4. The van der Waals surface area contributed by atoms with Gasteiger partial charge in [0.2, 0.25) is 0 Å². The van der Waals surface area contributed by atoms with Gasteiger partial charge in [-0.25, -0.2) is 0 Å². The highest BCUT2D eigenvalue weighted by Gasteiger charge is 2.21. The van der Waals surface area contributed by atoms with Crippen LogP contribution in [0.3, 0.4) is 0 Å². The minimum Gasteiger partial charge on any atom is -0.309 e. The summed E-state index contributed by atoms with van der Waals surface area (Å²) in [6.45, 7) is 0. The number of para-hydroxylation sites is 4. The predicted molar refractivity (Wildman–Crippen MR) is 240 cm³/mol. The van der Waals surface area contributed by atoms with Crippen molar-refractivity contribution in [1.29, 1.82) is 0 Å². The van der Waals surface area contributed by atoms with Gasteiger partial charge < -0.3 is 13.7 Å². The Kier molecular flexibility index (Phi) is 2.84. The largest absolute Gasteiger partial charge is 0.309 e. The molecule has 0 saturated heterocycles. The van der Waals surface area contributed by atoms with E-state index in [1.165, 1.54) is 0 Å². The molecule has 0 aliphatic carbocycles. The first-order valence-electron chi connectivity index (χ1n) is 33.8. The molecule has 0 radical (unpaired) electrons. The second-order valence-corrected chi connectivity index (χ2v) is 12.4. The van der Waals surface area contributed by atoms with Crippen LogP contribution in [0.2, 0.25) is 0 Å². The molecule has 3 heteroatoms. The number of hydrogen-bond donors (Lipinski definition) is 0. The highest BCUT2D eigenvalue weighted by molar-refractivity contribution is 6.17. The van der Waals surface area contributed by atoms with E-state index in [1.807, 2.05) is 0 Å². The first kappa shape index (κ1) is 13.0. The maximum atomic E-state index is 10.1. The van der Waals surface area contributed by atoms with Gasteiger partial charge in [0.1, 0.15) is 0 Å². The van der Waals surface area contributed by atoms with Gasteiger partial charge in [-0.2, -0.15) is 0 Å². The summed E-state index contributed by atoms with van der Waals surface area (Å²) in [5.41, 5.74) is -10.3. The SMILES string of the molecule is [2H]c1c([2H])c([2H])c(-c2c([2H])c(-c3c([2H])c([2H])c([2H])c([2H])c3[2H])c([2H])c(-n3c4c([2H])c([2H])c(-n5c6c([2H])c([2H])c([2H])c([2H])c6c6c(-n7c8c([2H])c([2H])c([2H])c([2H])c8c8c([2H])c([2H])c([2H])c([2H])c87)c([2H])c([2H])c([2H])c65)cc4c4c([2H])c([2H])c([2H])c([2H])c43)c2[2H])c([2H])c1[2H]. The van der Waals surface area contributed by atoms with E-state index in [1.54, 1.807) is 0 Å². The lowest BCUT2D eigenvalue weighted by atomic mass is 9.98. The number of rotatable bonds is 5. The molecule has 0 saturated carbocycles. The molecule has 0 spiro atoms. The van der Waals surface area contributed by atoms with Gasteiger partial charge in [-0.3, -0.25) is 0 Å². The summed E-state index contributed by atoms with van der Waals surface area (Å²) in [5, 5.41) is -3.46. The van der Waals surface area contributed by atoms with Crippen molar-refractivity contribution in [3.05, 3.63) is 212 Å². The summed E-state index contributed by atoms with van der Waals surface area (Å²) < 4.78 is 313. The molecule has 266 valence electrons. The van der Waals surface area contributed by atoms with Crippen LogP contribution in [0, 0.1) is 0 Å². The zero-order valence-electron chi connectivity index (χ0n) is 62.4. The third-order valence-corrected chi connectivity index (χ3v) is 9.39. The van der Waals surface area contributed by atoms with Crippen LogP contribution in [0.25, 0.3) is 105 Å². The number of nitrogens with zero attached hydrogens (tertiary/aromatic N) is 3. The lowest BCUT2D eigenvalue weighted by Crippen LogP contribution is -1.98. The van der Waals surface area contributed by atoms with E-state index >= 15 is 0 Å². The van der Waals surface area contributed by atoms with Gasteiger partial charge in [0, 0.05) is 43.7 Å². The van der Waals surface area contributed by atoms with Gasteiger partial charge in [-0.1, -0.05) is 139 Å². The van der Waals surface area contributed by atoms with Crippen LogP contribution in [-0.4, -0.2) is 13.7 Å². The lowest BCUT2D eigenvalue weighted by Gasteiger charge is -2.14. The predicted octanol–water partition coefficient (Wildman–Crippen LogP) is 14.3. The highest BCUT2D eigenvalue weighted by atomic mass is 15.0. The molecule has 3 nitrogen and oxygen atoms in total. The minimum atomic E-state index is -1.15. The van der Waals surface area contributed by atoms with Crippen molar-refractivity contribution in [2.75, 3.05) is 0 Å². The van der Waals surface area contributed by atoms with E-state index in [2.05, 4.69) is 0 Å². The van der Waals surface area contributed by atoms with Crippen LogP contribution in [0.4, 0.5) is 0 Å². The summed E-state index contributed by atoms with van der Waals surface area (Å²) in [6.07, 6.45) is 0. The van der Waals surface area contributed by atoms with Gasteiger partial charge in [-0.05, 0) is 94.8 Å². The van der Waals surface area contributed by atoms with Crippen LogP contribution in [-0.2, 0) is 0 Å². The Morgan fingerprint density at radius 3 is 1.32 bits per heavy atom. The molecular weight excluding hydrogens is 691 g/mol. The molecule has 0 unspecified atom stereocenters. The average Bonchev–Trinajstić information content (AvgIpc) is 1.54. The number of fused-ring (bicyclic) bond motifs is 9. The third kappa shape index (κ3) is 4.79. The topological polar surface area (TPSA) is 14.8 Å². The molecule has 0 aliphatic heterocycles. The van der Waals surface area contributed by atoms with Crippen LogP contribution in [0.1, 0.15) is 46.6 Å². The quantitative estimate of drug-likeness (QED) is 0.166. The van der Waals surface area contributed by atoms with Gasteiger partial charge in [-0.15, -0.1) is 0 Å². The molecule has 3 heterocycles. The van der Waals surface area contributed by atoms with Crippen molar-refractivity contribution < 1.29 is 46.6 Å². The third-order valence-electron chi connectivity index (χ3n) is 9.39. The van der Waals surface area contributed by atoms with Crippen molar-refractivity contribution in [3.8, 4) is 39.3 Å². The Balaban J connectivity index is 1.34. The summed E-state index contributed by atoms with van der Waals surface area (Å²) in [7, 11) is 0. The maximum Gasteiger partial charge on any atom is 0.0651 e. The second kappa shape index (κ2) is 12.5. The fraction of sp³-hybridized carbons (Fsp3) is 0. The zero-order chi connectivity index (χ0) is 67.0. The van der Waals surface area contributed by atoms with Gasteiger partial charge in [0.25, 0.3) is 0 Å². The first-order chi connectivity index (χ1) is 42.4. The van der Waals surface area contributed by atoms with E-state index in [9.17, 15) is 19.2 Å². The highest BCUT2D eigenvalue weighted by Crippen LogP contribution is 2.42. The number of aromatic nitrogens is 3. The standard InChI is InChI=1S/C54H35N3/c1-3-16-36(17-4-1)38-32-39(37-18-5-2-6-19-37)34-41(33-38)56-47-24-11-9-22-44(47)46-35-40(30-31-51(46)56)55-50-27-14-10-23-45(50)54-52(55)28-15-29-53(54)57-48-25-12-7-20-42(48)43-21-8-13-26-49(43)57/h1-35H/i1D,2D,3D,4D,5D,6D,7D,8D,9D,10D,11D,12D,13D,14D,15D,16D,17D,18D,19D,20D,21D,22D,23D,24D,25D,26D,27D,28D,29D,30D,31D,32D,33D,34D.